The minimum absolute atomic E-state index is 0.450. The van der Waals surface area contributed by atoms with Gasteiger partial charge in [-0.05, 0) is 24.6 Å². The third-order valence-electron chi connectivity index (χ3n) is 7.00. The molecule has 2 aliphatic heterocycles. The SMILES string of the molecule is CCn1ncc2c3c(NCc4ccc(OC)c(Cl)c4)nnc(N4CCC5(CC4)OCCO5)c3cnc21. The maximum atomic E-state index is 6.33. The Morgan fingerprint density at radius 2 is 1.92 bits per heavy atom. The molecule has 11 heteroatoms. The number of hydrogen-bond acceptors (Lipinski definition) is 9. The zero-order valence-electron chi connectivity index (χ0n) is 20.3. The number of nitrogens with zero attached hydrogens (tertiary/aromatic N) is 6. The Balaban J connectivity index is 1.37. The van der Waals surface area contributed by atoms with Crippen LogP contribution in [0.1, 0.15) is 25.3 Å². The molecule has 2 fully saturated rings. The highest BCUT2D eigenvalue weighted by molar-refractivity contribution is 6.32. The van der Waals surface area contributed by atoms with E-state index >= 15 is 0 Å². The minimum atomic E-state index is -0.450. The molecule has 0 saturated carbocycles. The number of piperidine rings is 1. The quantitative estimate of drug-likeness (QED) is 0.413. The summed E-state index contributed by atoms with van der Waals surface area (Å²) >= 11 is 6.33. The summed E-state index contributed by atoms with van der Waals surface area (Å²) in [5.41, 5.74) is 1.83. The van der Waals surface area contributed by atoms with Crippen LogP contribution in [0.2, 0.25) is 5.02 Å². The van der Waals surface area contributed by atoms with Crippen molar-refractivity contribution in [1.29, 1.82) is 0 Å². The summed E-state index contributed by atoms with van der Waals surface area (Å²) in [6.07, 6.45) is 5.33. The Bertz CT molecular complexity index is 1410. The maximum Gasteiger partial charge on any atom is 0.171 e. The molecule has 1 spiro atoms. The molecular formula is C25H28ClN7O3. The van der Waals surface area contributed by atoms with Gasteiger partial charge in [0.15, 0.2) is 23.1 Å². The molecular weight excluding hydrogens is 482 g/mol. The van der Waals surface area contributed by atoms with Crippen LogP contribution in [0.25, 0.3) is 21.8 Å². The van der Waals surface area contributed by atoms with Gasteiger partial charge in [-0.1, -0.05) is 17.7 Å². The second-order valence-electron chi connectivity index (χ2n) is 9.03. The van der Waals surface area contributed by atoms with Crippen LogP contribution in [0.4, 0.5) is 11.6 Å². The third kappa shape index (κ3) is 3.99. The van der Waals surface area contributed by atoms with Crippen molar-refractivity contribution in [3.63, 3.8) is 0 Å². The molecule has 3 aromatic heterocycles. The number of halogens is 1. The number of hydrogen-bond donors (Lipinski definition) is 1. The Morgan fingerprint density at radius 3 is 2.64 bits per heavy atom. The highest BCUT2D eigenvalue weighted by Gasteiger charge is 2.40. The molecule has 36 heavy (non-hydrogen) atoms. The van der Waals surface area contributed by atoms with E-state index in [4.69, 9.17) is 30.8 Å². The van der Waals surface area contributed by atoms with E-state index in [-0.39, 0.29) is 0 Å². The van der Waals surface area contributed by atoms with Crippen molar-refractivity contribution in [3.8, 4) is 5.75 Å². The molecule has 0 aliphatic carbocycles. The van der Waals surface area contributed by atoms with Gasteiger partial charge in [0.1, 0.15) is 5.75 Å². The zero-order valence-corrected chi connectivity index (χ0v) is 21.1. The van der Waals surface area contributed by atoms with Gasteiger partial charge in [-0.25, -0.2) is 9.67 Å². The fourth-order valence-corrected chi connectivity index (χ4v) is 5.37. The topological polar surface area (TPSA) is 99.5 Å². The second-order valence-corrected chi connectivity index (χ2v) is 9.44. The number of nitrogens with one attached hydrogen (secondary N) is 1. The normalized spacial score (nSPS) is 17.4. The van der Waals surface area contributed by atoms with E-state index in [1.54, 1.807) is 7.11 Å². The molecule has 0 unspecified atom stereocenters. The maximum absolute atomic E-state index is 6.33. The van der Waals surface area contributed by atoms with Crippen molar-refractivity contribution >= 4 is 45.0 Å². The summed E-state index contributed by atoms with van der Waals surface area (Å²) in [6, 6.07) is 5.73. The second kappa shape index (κ2) is 9.34. The van der Waals surface area contributed by atoms with Crippen molar-refractivity contribution in [2.45, 2.75) is 38.6 Å². The fraction of sp³-hybridized carbons (Fsp3) is 0.440. The number of benzene rings is 1. The van der Waals surface area contributed by atoms with Gasteiger partial charge in [0.2, 0.25) is 0 Å². The summed E-state index contributed by atoms with van der Waals surface area (Å²) < 4.78 is 19.0. The predicted molar refractivity (Wildman–Crippen MR) is 138 cm³/mol. The molecule has 4 aromatic rings. The average molecular weight is 510 g/mol. The lowest BCUT2D eigenvalue weighted by Crippen LogP contribution is -2.45. The lowest BCUT2D eigenvalue weighted by atomic mass is 10.0. The number of methoxy groups -OCH3 is 1. The van der Waals surface area contributed by atoms with Crippen LogP contribution >= 0.6 is 11.6 Å². The van der Waals surface area contributed by atoms with Gasteiger partial charge in [-0.3, -0.25) is 0 Å². The number of anilines is 2. The molecule has 1 N–H and O–H groups in total. The van der Waals surface area contributed by atoms with Crippen molar-refractivity contribution in [3.05, 3.63) is 41.2 Å². The molecule has 0 radical (unpaired) electrons. The van der Waals surface area contributed by atoms with Crippen molar-refractivity contribution < 1.29 is 14.2 Å². The Kier molecular flexibility index (Phi) is 6.02. The first-order valence-corrected chi connectivity index (χ1v) is 12.6. The smallest absolute Gasteiger partial charge is 0.171 e. The van der Waals surface area contributed by atoms with Crippen LogP contribution in [0, 0.1) is 0 Å². The van der Waals surface area contributed by atoms with E-state index in [0.29, 0.717) is 36.3 Å². The highest BCUT2D eigenvalue weighted by Crippen LogP contribution is 2.37. The first-order valence-electron chi connectivity index (χ1n) is 12.2. The van der Waals surface area contributed by atoms with Gasteiger partial charge in [0.05, 0.1) is 36.9 Å². The van der Waals surface area contributed by atoms with E-state index in [1.807, 2.05) is 35.3 Å². The zero-order chi connectivity index (χ0) is 24.7. The van der Waals surface area contributed by atoms with E-state index < -0.39 is 5.79 Å². The van der Waals surface area contributed by atoms with Gasteiger partial charge in [0.25, 0.3) is 0 Å². The number of rotatable bonds is 6. The number of aromatic nitrogens is 5. The predicted octanol–water partition coefficient (Wildman–Crippen LogP) is 4.01. The van der Waals surface area contributed by atoms with Gasteiger partial charge < -0.3 is 24.4 Å². The molecule has 0 bridgehead atoms. The largest absolute Gasteiger partial charge is 0.495 e. The first kappa shape index (κ1) is 23.2. The summed E-state index contributed by atoms with van der Waals surface area (Å²) in [5, 5.41) is 20.7. The summed E-state index contributed by atoms with van der Waals surface area (Å²) in [6.45, 7) is 6.17. The van der Waals surface area contributed by atoms with Gasteiger partial charge in [-0.2, -0.15) is 5.10 Å². The van der Waals surface area contributed by atoms with E-state index in [2.05, 4.69) is 32.4 Å². The Hall–Kier alpha value is -3.21. The van der Waals surface area contributed by atoms with Crippen molar-refractivity contribution in [2.24, 2.45) is 0 Å². The van der Waals surface area contributed by atoms with Crippen LogP contribution in [-0.4, -0.2) is 64.2 Å². The first-order chi connectivity index (χ1) is 17.6. The fourth-order valence-electron chi connectivity index (χ4n) is 5.09. The van der Waals surface area contributed by atoms with Gasteiger partial charge in [-0.15, -0.1) is 10.2 Å². The molecule has 6 rings (SSSR count). The monoisotopic (exact) mass is 509 g/mol. The molecule has 10 nitrogen and oxygen atoms in total. The molecule has 188 valence electrons. The molecule has 1 aromatic carbocycles. The number of ether oxygens (including phenoxy) is 3. The van der Waals surface area contributed by atoms with E-state index in [0.717, 1.165) is 65.7 Å². The van der Waals surface area contributed by atoms with E-state index in [1.165, 1.54) is 0 Å². The van der Waals surface area contributed by atoms with Crippen LogP contribution < -0.4 is 15.0 Å². The molecule has 2 aliphatic rings. The standard InChI is InChI=1S/C25H28ClN7O3/c1-3-33-23-18(15-29-33)21-17(14-28-23)24(32-8-6-25(7-9-32)35-10-11-36-25)31-30-22(21)27-13-16-4-5-20(34-2)19(26)12-16/h4-5,12,14-15H,3,6-11,13H2,1-2H3,(H,27,30). The highest BCUT2D eigenvalue weighted by atomic mass is 35.5. The van der Waals surface area contributed by atoms with Gasteiger partial charge >= 0.3 is 0 Å². The summed E-state index contributed by atoms with van der Waals surface area (Å²) in [7, 11) is 1.61. The molecule has 0 atom stereocenters. The summed E-state index contributed by atoms with van der Waals surface area (Å²) in [4.78, 5) is 7.00. The Labute approximate surface area is 213 Å². The van der Waals surface area contributed by atoms with Gasteiger partial charge in [0, 0.05) is 56.0 Å². The third-order valence-corrected chi connectivity index (χ3v) is 7.30. The number of pyridine rings is 1. The minimum Gasteiger partial charge on any atom is -0.495 e. The summed E-state index contributed by atoms with van der Waals surface area (Å²) in [5.74, 6) is 1.69. The Morgan fingerprint density at radius 1 is 1.11 bits per heavy atom. The van der Waals surface area contributed by atoms with Crippen molar-refractivity contribution in [2.75, 3.05) is 43.6 Å². The lowest BCUT2D eigenvalue weighted by molar-refractivity contribution is -0.169. The number of fused-ring (bicyclic) bond motifs is 3. The van der Waals surface area contributed by atoms with Crippen LogP contribution in [0.5, 0.6) is 5.75 Å². The van der Waals surface area contributed by atoms with Crippen molar-refractivity contribution in [1.82, 2.24) is 25.0 Å². The molecule has 5 heterocycles. The van der Waals surface area contributed by atoms with Crippen LogP contribution in [-0.2, 0) is 22.6 Å². The van der Waals surface area contributed by atoms with Crippen LogP contribution in [0.3, 0.4) is 0 Å². The molecule has 2 saturated heterocycles. The lowest BCUT2D eigenvalue weighted by Gasteiger charge is -2.38. The molecule has 0 amide bonds. The number of aryl methyl sites for hydroxylation is 1. The van der Waals surface area contributed by atoms with E-state index in [9.17, 15) is 0 Å². The average Bonchev–Trinajstić information content (AvgIpc) is 3.55. The van der Waals surface area contributed by atoms with Crippen LogP contribution in [0.15, 0.2) is 30.6 Å².